The molecule has 0 radical (unpaired) electrons. The Hall–Kier alpha value is 0.270. The van der Waals surface area contributed by atoms with Gasteiger partial charge in [0.1, 0.15) is 0 Å². The molecule has 0 aliphatic carbocycles. The van der Waals surface area contributed by atoms with Gasteiger partial charge in [-0.1, -0.05) is 13.8 Å². The molecular weight excluding hydrogens is 204 g/mol. The van der Waals surface area contributed by atoms with Crippen LogP contribution >= 0.6 is 11.8 Å². The van der Waals surface area contributed by atoms with Crippen molar-refractivity contribution in [2.45, 2.75) is 50.4 Å². The number of likely N-dealkylation sites (tertiary alicyclic amines) is 1. The van der Waals surface area contributed by atoms with E-state index in [-0.39, 0.29) is 0 Å². The average Bonchev–Trinajstić information content (AvgIpc) is 2.71. The zero-order valence-corrected chi connectivity index (χ0v) is 11.0. The number of hydrogen-bond acceptors (Lipinski definition) is 3. The van der Waals surface area contributed by atoms with E-state index in [1.54, 1.807) is 0 Å². The van der Waals surface area contributed by atoms with Gasteiger partial charge in [0, 0.05) is 35.7 Å². The van der Waals surface area contributed by atoms with Crippen LogP contribution in [0.25, 0.3) is 0 Å². The minimum Gasteiger partial charge on any atom is -0.329 e. The highest BCUT2D eigenvalue weighted by Crippen LogP contribution is 2.42. The first-order chi connectivity index (χ1) is 7.07. The van der Waals surface area contributed by atoms with Crippen LogP contribution in [0.1, 0.15) is 33.6 Å². The molecule has 15 heavy (non-hydrogen) atoms. The van der Waals surface area contributed by atoms with E-state index < -0.39 is 0 Å². The van der Waals surface area contributed by atoms with Crippen LogP contribution in [0.3, 0.4) is 0 Å². The molecule has 0 aromatic carbocycles. The normalized spacial score (nSPS) is 47.6. The lowest BCUT2D eigenvalue weighted by Gasteiger charge is -2.40. The smallest absolute Gasteiger partial charge is 0.0435 e. The lowest BCUT2D eigenvalue weighted by atomic mass is 9.93. The molecule has 3 heteroatoms. The molecule has 2 nitrogen and oxygen atoms in total. The molecule has 4 unspecified atom stereocenters. The number of nitrogens with zero attached hydrogens (tertiary/aromatic N) is 1. The van der Waals surface area contributed by atoms with Gasteiger partial charge in [-0.15, -0.1) is 0 Å². The molecule has 0 bridgehead atoms. The lowest BCUT2D eigenvalue weighted by molar-refractivity contribution is 0.103. The van der Waals surface area contributed by atoms with Crippen LogP contribution in [-0.4, -0.2) is 40.6 Å². The number of nitrogens with two attached hydrogens (primary N) is 1. The quantitative estimate of drug-likeness (QED) is 0.783. The number of hydrogen-bond donors (Lipinski definition) is 1. The molecule has 0 spiro atoms. The predicted molar refractivity (Wildman–Crippen MR) is 68.3 cm³/mol. The van der Waals surface area contributed by atoms with Crippen molar-refractivity contribution in [2.75, 3.05) is 18.8 Å². The van der Waals surface area contributed by atoms with Crippen molar-refractivity contribution in [3.8, 4) is 0 Å². The first kappa shape index (κ1) is 11.7. The molecule has 2 fully saturated rings. The summed E-state index contributed by atoms with van der Waals surface area (Å²) in [5.41, 5.74) is 6.38. The highest BCUT2D eigenvalue weighted by molar-refractivity contribution is 8.00. The predicted octanol–water partition coefficient (Wildman–Crippen LogP) is 1.94. The fourth-order valence-corrected chi connectivity index (χ4v) is 4.80. The summed E-state index contributed by atoms with van der Waals surface area (Å²) < 4.78 is 0. The van der Waals surface area contributed by atoms with Gasteiger partial charge in [0.25, 0.3) is 0 Å². The maximum atomic E-state index is 6.06. The third kappa shape index (κ3) is 2.06. The molecule has 2 heterocycles. The monoisotopic (exact) mass is 228 g/mol. The molecule has 4 atom stereocenters. The Morgan fingerprint density at radius 2 is 2.13 bits per heavy atom. The first-order valence-corrected chi connectivity index (χ1v) is 7.21. The standard InChI is InChI=1S/C12H24N2S/c1-9-4-10(2)14(6-9)12(7-13)5-11(3)15-8-12/h9-11H,4-8,13H2,1-3H3. The van der Waals surface area contributed by atoms with Gasteiger partial charge in [-0.05, 0) is 25.7 Å². The van der Waals surface area contributed by atoms with E-state index in [0.29, 0.717) is 5.54 Å². The topological polar surface area (TPSA) is 29.3 Å². The van der Waals surface area contributed by atoms with Gasteiger partial charge < -0.3 is 5.73 Å². The Morgan fingerprint density at radius 1 is 1.40 bits per heavy atom. The zero-order valence-electron chi connectivity index (χ0n) is 10.2. The van der Waals surface area contributed by atoms with E-state index in [9.17, 15) is 0 Å². The molecule has 0 aromatic heterocycles. The number of rotatable bonds is 2. The van der Waals surface area contributed by atoms with Crippen LogP contribution in [0, 0.1) is 5.92 Å². The van der Waals surface area contributed by atoms with Crippen molar-refractivity contribution in [1.29, 1.82) is 0 Å². The average molecular weight is 228 g/mol. The van der Waals surface area contributed by atoms with Gasteiger partial charge in [-0.3, -0.25) is 4.90 Å². The van der Waals surface area contributed by atoms with E-state index in [4.69, 9.17) is 5.73 Å². The van der Waals surface area contributed by atoms with Crippen molar-refractivity contribution in [3.63, 3.8) is 0 Å². The van der Waals surface area contributed by atoms with Gasteiger partial charge in [0.2, 0.25) is 0 Å². The molecule has 2 N–H and O–H groups in total. The second-order valence-electron chi connectivity index (χ2n) is 5.60. The molecular formula is C12H24N2S. The fourth-order valence-electron chi connectivity index (χ4n) is 3.37. The minimum absolute atomic E-state index is 0.314. The summed E-state index contributed by atoms with van der Waals surface area (Å²) in [6.45, 7) is 9.17. The van der Waals surface area contributed by atoms with Gasteiger partial charge in [0.15, 0.2) is 0 Å². The Bertz CT molecular complexity index is 234. The van der Waals surface area contributed by atoms with Gasteiger partial charge >= 0.3 is 0 Å². The van der Waals surface area contributed by atoms with Crippen molar-refractivity contribution in [2.24, 2.45) is 11.7 Å². The maximum absolute atomic E-state index is 6.06. The molecule has 2 aliphatic rings. The van der Waals surface area contributed by atoms with Gasteiger partial charge in [-0.25, -0.2) is 0 Å². The van der Waals surface area contributed by atoms with Crippen LogP contribution < -0.4 is 5.73 Å². The van der Waals surface area contributed by atoms with Crippen LogP contribution in [0.4, 0.5) is 0 Å². The molecule has 2 aliphatic heterocycles. The first-order valence-electron chi connectivity index (χ1n) is 6.16. The van der Waals surface area contributed by atoms with Crippen molar-refractivity contribution < 1.29 is 0 Å². The summed E-state index contributed by atoms with van der Waals surface area (Å²) in [6, 6.07) is 0.731. The zero-order chi connectivity index (χ0) is 11.1. The summed E-state index contributed by atoms with van der Waals surface area (Å²) >= 11 is 2.10. The number of thioether (sulfide) groups is 1. The second kappa shape index (κ2) is 4.27. The SMILES string of the molecule is CC1CC(C)N(C2(CN)CSC(C)C2)C1. The largest absolute Gasteiger partial charge is 0.329 e. The molecule has 0 amide bonds. The van der Waals surface area contributed by atoms with Gasteiger partial charge in [-0.2, -0.15) is 11.8 Å². The van der Waals surface area contributed by atoms with Crippen molar-refractivity contribution in [1.82, 2.24) is 4.90 Å². The third-order valence-corrected chi connectivity index (χ3v) is 5.52. The van der Waals surface area contributed by atoms with E-state index in [1.165, 1.54) is 25.1 Å². The molecule has 0 saturated carbocycles. The molecule has 2 saturated heterocycles. The Kier molecular flexibility index (Phi) is 3.34. The summed E-state index contributed by atoms with van der Waals surface area (Å²) in [5.74, 6) is 2.09. The highest BCUT2D eigenvalue weighted by atomic mass is 32.2. The molecule has 88 valence electrons. The van der Waals surface area contributed by atoms with Crippen LogP contribution in [0.2, 0.25) is 0 Å². The minimum atomic E-state index is 0.314. The Labute approximate surface area is 98.0 Å². The van der Waals surface area contributed by atoms with Crippen molar-refractivity contribution in [3.05, 3.63) is 0 Å². The lowest BCUT2D eigenvalue weighted by Crippen LogP contribution is -2.55. The van der Waals surface area contributed by atoms with Crippen LogP contribution in [0.5, 0.6) is 0 Å². The third-order valence-electron chi connectivity index (χ3n) is 4.08. The molecule has 2 rings (SSSR count). The summed E-state index contributed by atoms with van der Waals surface area (Å²) in [4.78, 5) is 2.70. The summed E-state index contributed by atoms with van der Waals surface area (Å²) in [5, 5.41) is 0.789. The molecule has 0 aromatic rings. The van der Waals surface area contributed by atoms with E-state index >= 15 is 0 Å². The summed E-state index contributed by atoms with van der Waals surface area (Å²) in [7, 11) is 0. The van der Waals surface area contributed by atoms with E-state index in [0.717, 1.165) is 23.8 Å². The Morgan fingerprint density at radius 3 is 2.53 bits per heavy atom. The Balaban J connectivity index is 2.13. The van der Waals surface area contributed by atoms with Gasteiger partial charge in [0.05, 0.1) is 0 Å². The second-order valence-corrected chi connectivity index (χ2v) is 7.02. The maximum Gasteiger partial charge on any atom is 0.0435 e. The van der Waals surface area contributed by atoms with E-state index in [1.807, 2.05) is 0 Å². The highest BCUT2D eigenvalue weighted by Gasteiger charge is 2.46. The van der Waals surface area contributed by atoms with Crippen LogP contribution in [0.15, 0.2) is 0 Å². The van der Waals surface area contributed by atoms with Crippen LogP contribution in [-0.2, 0) is 0 Å². The summed E-state index contributed by atoms with van der Waals surface area (Å²) in [6.07, 6.45) is 2.63. The fraction of sp³-hybridized carbons (Fsp3) is 1.00. The van der Waals surface area contributed by atoms with E-state index in [2.05, 4.69) is 37.4 Å². The van der Waals surface area contributed by atoms with Crippen molar-refractivity contribution >= 4 is 11.8 Å².